The number of nitrogens with one attached hydrogen (secondary N) is 2. The number of benzene rings is 1. The fourth-order valence-electron chi connectivity index (χ4n) is 2.50. The number of thiophene rings is 1. The molecule has 5 nitrogen and oxygen atoms in total. The fourth-order valence-corrected chi connectivity index (χ4v) is 3.17. The van der Waals surface area contributed by atoms with Crippen molar-refractivity contribution in [2.75, 3.05) is 6.54 Å². The monoisotopic (exact) mass is 359 g/mol. The van der Waals surface area contributed by atoms with E-state index < -0.39 is 11.9 Å². The molecule has 0 fully saturated rings. The van der Waals surface area contributed by atoms with E-state index in [-0.39, 0.29) is 5.91 Å². The Morgan fingerprint density at radius 3 is 2.56 bits per heavy atom. The van der Waals surface area contributed by atoms with Gasteiger partial charge < -0.3 is 16.4 Å². The van der Waals surface area contributed by atoms with Gasteiger partial charge in [0.15, 0.2) is 0 Å². The van der Waals surface area contributed by atoms with Gasteiger partial charge in [-0.2, -0.15) is 11.3 Å². The summed E-state index contributed by atoms with van der Waals surface area (Å²) in [5.41, 5.74) is 7.67. The van der Waals surface area contributed by atoms with Crippen molar-refractivity contribution >= 4 is 23.2 Å². The number of hydrogen-bond donors (Lipinski definition) is 3. The number of amides is 2. The molecule has 2 amide bonds. The molecule has 0 radical (unpaired) electrons. The van der Waals surface area contributed by atoms with Crippen LogP contribution in [0.5, 0.6) is 0 Å². The van der Waals surface area contributed by atoms with E-state index in [0.29, 0.717) is 12.8 Å². The molecule has 0 bridgehead atoms. The van der Waals surface area contributed by atoms with Crippen molar-refractivity contribution < 1.29 is 9.59 Å². The Morgan fingerprint density at radius 1 is 1.08 bits per heavy atom. The summed E-state index contributed by atoms with van der Waals surface area (Å²) in [5.74, 6) is -0.632. The minimum absolute atomic E-state index is 0.127. The third-order valence-corrected chi connectivity index (χ3v) is 4.61. The van der Waals surface area contributed by atoms with Crippen molar-refractivity contribution in [2.24, 2.45) is 5.73 Å². The average Bonchev–Trinajstić information content (AvgIpc) is 3.11. The topological polar surface area (TPSA) is 84.2 Å². The maximum absolute atomic E-state index is 12.0. The molecule has 0 saturated carbocycles. The molecule has 1 heterocycles. The van der Waals surface area contributed by atoms with E-state index in [2.05, 4.69) is 27.5 Å². The van der Waals surface area contributed by atoms with Gasteiger partial charge in [-0.05, 0) is 47.3 Å². The fraction of sp³-hybridized carbons (Fsp3) is 0.368. The number of rotatable bonds is 11. The summed E-state index contributed by atoms with van der Waals surface area (Å²) in [6.45, 7) is 1.73. The third-order valence-electron chi connectivity index (χ3n) is 3.88. The number of nitrogens with two attached hydrogens (primary N) is 1. The van der Waals surface area contributed by atoms with E-state index in [0.717, 1.165) is 31.5 Å². The Hall–Kier alpha value is -2.18. The standard InChI is InChI=1S/C19H25N3O2S/c20-19(24)17(12-15-6-2-1-3-7-15)22-18(23)8-4-5-10-21-13-16-9-11-25-14-16/h1-3,6-7,9,11,14,17,21H,4-5,8,10,12-13H2,(H2,20,24)(H,22,23)/t17-/m0/s1. The van der Waals surface area contributed by atoms with Crippen LogP contribution in [0.3, 0.4) is 0 Å². The summed E-state index contributed by atoms with van der Waals surface area (Å²) in [6, 6.07) is 11.0. The molecular weight excluding hydrogens is 334 g/mol. The molecule has 0 spiro atoms. The number of carbonyl (C=O) groups is 2. The molecule has 25 heavy (non-hydrogen) atoms. The van der Waals surface area contributed by atoms with Gasteiger partial charge in [-0.25, -0.2) is 0 Å². The Bertz CT molecular complexity index is 644. The highest BCUT2D eigenvalue weighted by Gasteiger charge is 2.18. The summed E-state index contributed by atoms with van der Waals surface area (Å²) < 4.78 is 0. The molecule has 0 unspecified atom stereocenters. The first kappa shape index (κ1) is 19.1. The van der Waals surface area contributed by atoms with Gasteiger partial charge in [0.05, 0.1) is 0 Å². The first-order chi connectivity index (χ1) is 12.1. The Kier molecular flexibility index (Phi) is 8.15. The van der Waals surface area contributed by atoms with E-state index in [1.807, 2.05) is 30.3 Å². The quantitative estimate of drug-likeness (QED) is 0.538. The molecule has 1 aromatic heterocycles. The van der Waals surface area contributed by atoms with Crippen LogP contribution in [0.25, 0.3) is 0 Å². The Labute approximate surface area is 152 Å². The lowest BCUT2D eigenvalue weighted by atomic mass is 10.1. The molecule has 2 rings (SSSR count). The molecule has 0 saturated heterocycles. The first-order valence-corrected chi connectivity index (χ1v) is 9.44. The van der Waals surface area contributed by atoms with Gasteiger partial charge in [-0.15, -0.1) is 0 Å². The summed E-state index contributed by atoms with van der Waals surface area (Å²) in [4.78, 5) is 23.6. The van der Waals surface area contributed by atoms with E-state index in [1.165, 1.54) is 5.56 Å². The minimum atomic E-state index is -0.661. The molecule has 0 aliphatic rings. The van der Waals surface area contributed by atoms with Crippen molar-refractivity contribution in [2.45, 2.75) is 38.3 Å². The summed E-state index contributed by atoms with van der Waals surface area (Å²) in [5, 5.41) is 10.3. The average molecular weight is 359 g/mol. The Morgan fingerprint density at radius 2 is 1.88 bits per heavy atom. The van der Waals surface area contributed by atoms with Crippen LogP contribution in [-0.2, 0) is 22.6 Å². The van der Waals surface area contributed by atoms with Crippen molar-refractivity contribution in [3.8, 4) is 0 Å². The molecular formula is C19H25N3O2S. The van der Waals surface area contributed by atoms with Gasteiger partial charge in [0, 0.05) is 19.4 Å². The maximum Gasteiger partial charge on any atom is 0.240 e. The van der Waals surface area contributed by atoms with Gasteiger partial charge in [0.1, 0.15) is 6.04 Å². The molecule has 134 valence electrons. The van der Waals surface area contributed by atoms with Crippen molar-refractivity contribution in [3.05, 3.63) is 58.3 Å². The van der Waals surface area contributed by atoms with Crippen molar-refractivity contribution in [3.63, 3.8) is 0 Å². The lowest BCUT2D eigenvalue weighted by Gasteiger charge is -2.15. The predicted molar refractivity (Wildman–Crippen MR) is 101 cm³/mol. The van der Waals surface area contributed by atoms with Gasteiger partial charge in [-0.3, -0.25) is 9.59 Å². The second-order valence-electron chi connectivity index (χ2n) is 5.98. The minimum Gasteiger partial charge on any atom is -0.368 e. The largest absolute Gasteiger partial charge is 0.368 e. The zero-order valence-electron chi connectivity index (χ0n) is 14.2. The predicted octanol–water partition coefficient (Wildman–Crippen LogP) is 2.22. The van der Waals surface area contributed by atoms with E-state index in [4.69, 9.17) is 5.73 Å². The van der Waals surface area contributed by atoms with Crippen LogP contribution in [-0.4, -0.2) is 24.4 Å². The molecule has 1 aromatic carbocycles. The first-order valence-electron chi connectivity index (χ1n) is 8.49. The smallest absolute Gasteiger partial charge is 0.240 e. The summed E-state index contributed by atoms with van der Waals surface area (Å²) in [6.07, 6.45) is 2.51. The molecule has 0 aliphatic heterocycles. The van der Waals surface area contributed by atoms with Crippen LogP contribution in [0.4, 0.5) is 0 Å². The maximum atomic E-state index is 12.0. The molecule has 2 aromatic rings. The number of primary amides is 1. The molecule has 0 aliphatic carbocycles. The van der Waals surface area contributed by atoms with Crippen LogP contribution in [0.15, 0.2) is 47.2 Å². The second-order valence-corrected chi connectivity index (χ2v) is 6.76. The SMILES string of the molecule is NC(=O)[C@H](Cc1ccccc1)NC(=O)CCCCNCc1ccsc1. The van der Waals surface area contributed by atoms with Crippen molar-refractivity contribution in [1.82, 2.24) is 10.6 Å². The van der Waals surface area contributed by atoms with E-state index in [1.54, 1.807) is 11.3 Å². The Balaban J connectivity index is 1.62. The molecule has 4 N–H and O–H groups in total. The third kappa shape index (κ3) is 7.49. The van der Waals surface area contributed by atoms with Crippen LogP contribution >= 0.6 is 11.3 Å². The van der Waals surface area contributed by atoms with E-state index >= 15 is 0 Å². The number of unbranched alkanes of at least 4 members (excludes halogenated alkanes) is 1. The number of carbonyl (C=O) groups excluding carboxylic acids is 2. The lowest BCUT2D eigenvalue weighted by Crippen LogP contribution is -2.45. The van der Waals surface area contributed by atoms with E-state index in [9.17, 15) is 9.59 Å². The van der Waals surface area contributed by atoms with Crippen LogP contribution in [0, 0.1) is 0 Å². The van der Waals surface area contributed by atoms with Crippen LogP contribution < -0.4 is 16.4 Å². The number of hydrogen-bond acceptors (Lipinski definition) is 4. The molecule has 1 atom stereocenters. The van der Waals surface area contributed by atoms with Crippen LogP contribution in [0.1, 0.15) is 30.4 Å². The summed E-state index contributed by atoms with van der Waals surface area (Å²) >= 11 is 1.69. The van der Waals surface area contributed by atoms with Crippen molar-refractivity contribution in [1.29, 1.82) is 0 Å². The second kappa shape index (κ2) is 10.6. The lowest BCUT2D eigenvalue weighted by molar-refractivity contribution is -0.127. The highest BCUT2D eigenvalue weighted by molar-refractivity contribution is 7.07. The van der Waals surface area contributed by atoms with Gasteiger partial charge in [-0.1, -0.05) is 30.3 Å². The highest BCUT2D eigenvalue weighted by Crippen LogP contribution is 2.06. The highest BCUT2D eigenvalue weighted by atomic mass is 32.1. The molecule has 6 heteroatoms. The van der Waals surface area contributed by atoms with Crippen LogP contribution in [0.2, 0.25) is 0 Å². The zero-order chi connectivity index (χ0) is 17.9. The van der Waals surface area contributed by atoms with Gasteiger partial charge in [0.2, 0.25) is 11.8 Å². The normalized spacial score (nSPS) is 11.8. The van der Waals surface area contributed by atoms with Gasteiger partial charge >= 0.3 is 0 Å². The summed E-state index contributed by atoms with van der Waals surface area (Å²) in [7, 11) is 0. The zero-order valence-corrected chi connectivity index (χ0v) is 15.1. The van der Waals surface area contributed by atoms with Gasteiger partial charge in [0.25, 0.3) is 0 Å².